The van der Waals surface area contributed by atoms with Crippen molar-refractivity contribution in [2.75, 3.05) is 32.9 Å². The van der Waals surface area contributed by atoms with Crippen molar-refractivity contribution < 1.29 is 14.8 Å². The third-order valence-electron chi connectivity index (χ3n) is 4.62. The standard InChI is InChI=1S/C19H30N4O4.HI/c24-11-13-27-12-10-20-19(21-14-16-4-2-1-3-5-16)22-15-17-6-8-18(9-7-17)23(25)26;/h6-9,16,24H,1-5,10-15H2,(H2,20,21,22);1H. The number of aliphatic hydroxyl groups is 1. The van der Waals surface area contributed by atoms with Gasteiger partial charge in [-0.1, -0.05) is 31.4 Å². The normalized spacial score (nSPS) is 15.0. The minimum Gasteiger partial charge on any atom is -0.394 e. The summed E-state index contributed by atoms with van der Waals surface area (Å²) in [5.74, 6) is 1.39. The molecule has 1 aromatic carbocycles. The quantitative estimate of drug-likeness (QED) is 0.113. The van der Waals surface area contributed by atoms with E-state index in [0.29, 0.717) is 38.2 Å². The maximum Gasteiger partial charge on any atom is 0.269 e. The molecule has 158 valence electrons. The average molecular weight is 506 g/mol. The van der Waals surface area contributed by atoms with Gasteiger partial charge < -0.3 is 20.5 Å². The lowest BCUT2D eigenvalue weighted by Gasteiger charge is -2.23. The summed E-state index contributed by atoms with van der Waals surface area (Å²) < 4.78 is 5.27. The van der Waals surface area contributed by atoms with Gasteiger partial charge in [-0.05, 0) is 24.3 Å². The molecule has 0 atom stereocenters. The van der Waals surface area contributed by atoms with Gasteiger partial charge in [0.1, 0.15) is 0 Å². The van der Waals surface area contributed by atoms with Crippen LogP contribution in [-0.2, 0) is 11.3 Å². The highest BCUT2D eigenvalue weighted by atomic mass is 127. The van der Waals surface area contributed by atoms with Crippen LogP contribution >= 0.6 is 24.0 Å². The summed E-state index contributed by atoms with van der Waals surface area (Å²) in [5, 5.41) is 26.1. The Hall–Kier alpha value is -1.46. The number of aliphatic hydroxyl groups excluding tert-OH is 1. The molecule has 0 radical (unpaired) electrons. The molecule has 0 aliphatic heterocycles. The van der Waals surface area contributed by atoms with E-state index in [1.165, 1.54) is 44.2 Å². The van der Waals surface area contributed by atoms with Gasteiger partial charge in [-0.2, -0.15) is 0 Å². The fourth-order valence-electron chi connectivity index (χ4n) is 3.11. The number of halogens is 1. The summed E-state index contributed by atoms with van der Waals surface area (Å²) in [4.78, 5) is 14.9. The Morgan fingerprint density at radius 2 is 1.89 bits per heavy atom. The molecule has 0 aromatic heterocycles. The predicted octanol–water partition coefficient (Wildman–Crippen LogP) is 2.84. The number of nitro groups is 1. The summed E-state index contributed by atoms with van der Waals surface area (Å²) in [5.41, 5.74) is 0.994. The molecule has 1 fully saturated rings. The number of nitrogens with zero attached hydrogens (tertiary/aromatic N) is 2. The Balaban J connectivity index is 0.00000392. The van der Waals surface area contributed by atoms with E-state index < -0.39 is 4.92 Å². The molecule has 28 heavy (non-hydrogen) atoms. The molecule has 1 aromatic rings. The molecular weight excluding hydrogens is 475 g/mol. The van der Waals surface area contributed by atoms with E-state index in [-0.39, 0.29) is 36.3 Å². The first-order valence-corrected chi connectivity index (χ1v) is 9.63. The molecule has 3 N–H and O–H groups in total. The van der Waals surface area contributed by atoms with Gasteiger partial charge in [0.05, 0.1) is 31.3 Å². The van der Waals surface area contributed by atoms with Crippen molar-refractivity contribution in [2.24, 2.45) is 10.9 Å². The first kappa shape index (κ1) is 24.6. The number of benzene rings is 1. The fourth-order valence-corrected chi connectivity index (χ4v) is 3.11. The first-order valence-electron chi connectivity index (χ1n) is 9.63. The van der Waals surface area contributed by atoms with Crippen LogP contribution in [0.3, 0.4) is 0 Å². The topological polar surface area (TPSA) is 109 Å². The smallest absolute Gasteiger partial charge is 0.269 e. The van der Waals surface area contributed by atoms with Gasteiger partial charge in [0.15, 0.2) is 5.96 Å². The van der Waals surface area contributed by atoms with Gasteiger partial charge in [-0.3, -0.25) is 10.1 Å². The molecule has 1 aliphatic carbocycles. The van der Waals surface area contributed by atoms with Crippen molar-refractivity contribution in [2.45, 2.75) is 38.6 Å². The number of hydrogen-bond donors (Lipinski definition) is 3. The van der Waals surface area contributed by atoms with Gasteiger partial charge in [0.25, 0.3) is 5.69 Å². The fraction of sp³-hybridized carbons (Fsp3) is 0.632. The average Bonchev–Trinajstić information content (AvgIpc) is 2.70. The predicted molar refractivity (Wildman–Crippen MR) is 120 cm³/mol. The van der Waals surface area contributed by atoms with Crippen LogP contribution in [-0.4, -0.2) is 48.9 Å². The zero-order valence-electron chi connectivity index (χ0n) is 16.1. The van der Waals surface area contributed by atoms with Crippen LogP contribution in [0.25, 0.3) is 0 Å². The van der Waals surface area contributed by atoms with Gasteiger partial charge >= 0.3 is 0 Å². The zero-order chi connectivity index (χ0) is 19.3. The number of ether oxygens (including phenoxy) is 1. The number of non-ortho nitro benzene ring substituents is 1. The maximum absolute atomic E-state index is 10.7. The van der Waals surface area contributed by atoms with Gasteiger partial charge in [0, 0.05) is 25.2 Å². The highest BCUT2D eigenvalue weighted by Crippen LogP contribution is 2.22. The Morgan fingerprint density at radius 1 is 1.18 bits per heavy atom. The summed E-state index contributed by atoms with van der Waals surface area (Å²) in [6, 6.07) is 6.45. The van der Waals surface area contributed by atoms with Crippen molar-refractivity contribution in [3.05, 3.63) is 39.9 Å². The lowest BCUT2D eigenvalue weighted by atomic mass is 9.89. The molecule has 0 bridgehead atoms. The van der Waals surface area contributed by atoms with Crippen LogP contribution in [0.4, 0.5) is 5.69 Å². The van der Waals surface area contributed by atoms with E-state index in [1.54, 1.807) is 12.1 Å². The second-order valence-corrected chi connectivity index (χ2v) is 6.74. The Labute approximate surface area is 183 Å². The van der Waals surface area contributed by atoms with E-state index in [1.807, 2.05) is 0 Å². The van der Waals surface area contributed by atoms with E-state index in [4.69, 9.17) is 9.84 Å². The second-order valence-electron chi connectivity index (χ2n) is 6.74. The molecule has 1 aliphatic rings. The summed E-state index contributed by atoms with van der Waals surface area (Å²) in [7, 11) is 0. The van der Waals surface area contributed by atoms with Crippen molar-refractivity contribution in [1.82, 2.24) is 10.6 Å². The number of guanidine groups is 1. The molecule has 1 saturated carbocycles. The Bertz CT molecular complexity index is 592. The maximum atomic E-state index is 10.7. The number of nitro benzene ring substituents is 1. The van der Waals surface area contributed by atoms with Crippen LogP contribution in [0.1, 0.15) is 37.7 Å². The van der Waals surface area contributed by atoms with E-state index in [9.17, 15) is 10.1 Å². The van der Waals surface area contributed by atoms with Crippen LogP contribution in [0, 0.1) is 16.0 Å². The van der Waals surface area contributed by atoms with Gasteiger partial charge in [-0.25, -0.2) is 4.99 Å². The molecule has 2 rings (SSSR count). The number of aliphatic imine (C=N–C) groups is 1. The number of nitrogens with one attached hydrogen (secondary N) is 2. The molecular formula is C19H31IN4O4. The van der Waals surface area contributed by atoms with Crippen LogP contribution in [0.15, 0.2) is 29.3 Å². The second kappa shape index (κ2) is 14.5. The van der Waals surface area contributed by atoms with Gasteiger partial charge in [0.2, 0.25) is 0 Å². The zero-order valence-corrected chi connectivity index (χ0v) is 18.5. The Morgan fingerprint density at radius 3 is 2.54 bits per heavy atom. The third kappa shape index (κ3) is 9.65. The van der Waals surface area contributed by atoms with E-state index in [0.717, 1.165) is 12.1 Å². The molecule has 0 amide bonds. The van der Waals surface area contributed by atoms with E-state index >= 15 is 0 Å². The Kier molecular flexibility index (Phi) is 12.8. The third-order valence-corrected chi connectivity index (χ3v) is 4.62. The van der Waals surface area contributed by atoms with Crippen molar-refractivity contribution in [3.8, 4) is 0 Å². The van der Waals surface area contributed by atoms with Crippen LogP contribution in [0.5, 0.6) is 0 Å². The largest absolute Gasteiger partial charge is 0.394 e. The minimum atomic E-state index is -0.405. The van der Waals surface area contributed by atoms with Crippen LogP contribution in [0.2, 0.25) is 0 Å². The summed E-state index contributed by atoms with van der Waals surface area (Å²) in [6.45, 7) is 2.76. The number of hydrogen-bond acceptors (Lipinski definition) is 5. The summed E-state index contributed by atoms with van der Waals surface area (Å²) >= 11 is 0. The molecule has 0 saturated heterocycles. The highest BCUT2D eigenvalue weighted by Gasteiger charge is 2.13. The van der Waals surface area contributed by atoms with Crippen molar-refractivity contribution in [3.63, 3.8) is 0 Å². The monoisotopic (exact) mass is 506 g/mol. The van der Waals surface area contributed by atoms with E-state index in [2.05, 4.69) is 15.6 Å². The molecule has 8 nitrogen and oxygen atoms in total. The lowest BCUT2D eigenvalue weighted by Crippen LogP contribution is -2.41. The number of rotatable bonds is 10. The SMILES string of the molecule is I.O=[N+]([O-])c1ccc(CN=C(NCCOCCO)NCC2CCCCC2)cc1. The molecule has 9 heteroatoms. The molecule has 0 unspecified atom stereocenters. The first-order chi connectivity index (χ1) is 13.2. The van der Waals surface area contributed by atoms with Gasteiger partial charge in [-0.15, -0.1) is 24.0 Å². The molecule has 0 spiro atoms. The van der Waals surface area contributed by atoms with Crippen LogP contribution < -0.4 is 10.6 Å². The highest BCUT2D eigenvalue weighted by molar-refractivity contribution is 14.0. The lowest BCUT2D eigenvalue weighted by molar-refractivity contribution is -0.384. The minimum absolute atomic E-state index is 0. The van der Waals surface area contributed by atoms with Crippen molar-refractivity contribution in [1.29, 1.82) is 0 Å². The molecule has 0 heterocycles. The summed E-state index contributed by atoms with van der Waals surface area (Å²) in [6.07, 6.45) is 6.43. The van der Waals surface area contributed by atoms with Crippen molar-refractivity contribution >= 4 is 35.6 Å².